The molecule has 1 aromatic rings. The molecule has 0 N–H and O–H groups in total. The van der Waals surface area contributed by atoms with Crippen molar-refractivity contribution in [2.75, 3.05) is 21.3 Å². The SMILES string of the molecule is CCCCCCCCCC(CCCCCCCC)[Si](C)(C)c1ccc([Si](C)(C)CCC[Si](OC)(OC)OC)cc1. The first-order chi connectivity index (χ1) is 19.1. The van der Waals surface area contributed by atoms with Gasteiger partial charge >= 0.3 is 8.80 Å². The third-order valence-corrected chi connectivity index (χ3v) is 20.5. The van der Waals surface area contributed by atoms with E-state index in [-0.39, 0.29) is 0 Å². The molecule has 0 spiro atoms. The zero-order valence-corrected chi connectivity index (χ0v) is 31.3. The van der Waals surface area contributed by atoms with Gasteiger partial charge in [-0.05, 0) is 5.54 Å². The van der Waals surface area contributed by atoms with Gasteiger partial charge in [0.15, 0.2) is 0 Å². The Balaban J connectivity index is 2.84. The van der Waals surface area contributed by atoms with Gasteiger partial charge in [0.25, 0.3) is 0 Å². The fourth-order valence-corrected chi connectivity index (χ4v) is 14.3. The van der Waals surface area contributed by atoms with E-state index in [4.69, 9.17) is 13.3 Å². The van der Waals surface area contributed by atoms with Gasteiger partial charge in [-0.3, -0.25) is 0 Å². The number of hydrogen-bond acceptors (Lipinski definition) is 3. The molecule has 1 aromatic carbocycles. The van der Waals surface area contributed by atoms with E-state index >= 15 is 0 Å². The molecule has 0 heterocycles. The summed E-state index contributed by atoms with van der Waals surface area (Å²) in [7, 11) is -0.389. The number of rotatable bonds is 25. The van der Waals surface area contributed by atoms with Crippen molar-refractivity contribution in [3.05, 3.63) is 24.3 Å². The molecule has 0 aliphatic heterocycles. The van der Waals surface area contributed by atoms with Gasteiger partial charge in [-0.25, -0.2) is 0 Å². The van der Waals surface area contributed by atoms with Crippen LogP contribution in [0.4, 0.5) is 0 Å². The van der Waals surface area contributed by atoms with Gasteiger partial charge < -0.3 is 13.3 Å². The summed E-state index contributed by atoms with van der Waals surface area (Å²) in [4.78, 5) is 0. The van der Waals surface area contributed by atoms with Crippen LogP contribution in [0.2, 0.25) is 43.8 Å². The Morgan fingerprint density at radius 2 is 0.925 bits per heavy atom. The smallest absolute Gasteiger partial charge is 0.377 e. The summed E-state index contributed by atoms with van der Waals surface area (Å²) in [6, 6.07) is 12.2. The van der Waals surface area contributed by atoms with Gasteiger partial charge in [-0.1, -0.05) is 183 Å². The first-order valence-corrected chi connectivity index (χ1v) is 25.1. The summed E-state index contributed by atoms with van der Waals surface area (Å²) in [5.41, 5.74) is 0.903. The van der Waals surface area contributed by atoms with E-state index in [2.05, 4.69) is 64.3 Å². The highest BCUT2D eigenvalue weighted by Gasteiger charge is 2.38. The molecule has 234 valence electrons. The molecule has 1 rings (SSSR count). The monoisotopic (exact) mass is 608 g/mol. The Kier molecular flexibility index (Phi) is 19.5. The van der Waals surface area contributed by atoms with Crippen molar-refractivity contribution in [3.8, 4) is 0 Å². The van der Waals surface area contributed by atoms with Crippen molar-refractivity contribution >= 4 is 35.3 Å². The van der Waals surface area contributed by atoms with Crippen LogP contribution in [0.1, 0.15) is 117 Å². The van der Waals surface area contributed by atoms with E-state index in [1.165, 1.54) is 102 Å². The largest absolute Gasteiger partial charge is 0.500 e. The van der Waals surface area contributed by atoms with Gasteiger partial charge in [0, 0.05) is 27.4 Å². The molecule has 0 aromatic heterocycles. The maximum atomic E-state index is 5.66. The van der Waals surface area contributed by atoms with Crippen molar-refractivity contribution < 1.29 is 13.3 Å². The molecule has 0 aliphatic rings. The van der Waals surface area contributed by atoms with Crippen LogP contribution in [-0.2, 0) is 13.3 Å². The van der Waals surface area contributed by atoms with Crippen LogP contribution in [0.25, 0.3) is 0 Å². The summed E-state index contributed by atoms with van der Waals surface area (Å²) in [5.74, 6) is 0. The lowest BCUT2D eigenvalue weighted by Gasteiger charge is -2.34. The lowest BCUT2D eigenvalue weighted by Crippen LogP contribution is -2.48. The maximum absolute atomic E-state index is 5.66. The Morgan fingerprint density at radius 1 is 0.525 bits per heavy atom. The molecule has 6 heteroatoms. The standard InChI is InChI=1S/C34H68O3Si3/c1-10-12-14-16-18-20-22-25-33(24-21-19-17-15-13-11-2)39(8,9)34-28-26-32(27-29-34)38(6,7)30-23-31-40(35-3,36-4)37-5/h26-29,33H,10-25,30-31H2,1-9H3. The van der Waals surface area contributed by atoms with E-state index in [1.54, 1.807) is 31.7 Å². The molecule has 1 unspecified atom stereocenters. The van der Waals surface area contributed by atoms with E-state index in [9.17, 15) is 0 Å². The third-order valence-electron chi connectivity index (χ3n) is 9.71. The van der Waals surface area contributed by atoms with Gasteiger partial charge in [0.2, 0.25) is 0 Å². The third kappa shape index (κ3) is 13.4. The van der Waals surface area contributed by atoms with Crippen LogP contribution in [0.5, 0.6) is 0 Å². The minimum absolute atomic E-state index is 0.893. The van der Waals surface area contributed by atoms with Crippen molar-refractivity contribution in [2.24, 2.45) is 0 Å². The van der Waals surface area contributed by atoms with Crippen molar-refractivity contribution in [1.29, 1.82) is 0 Å². The Labute approximate surface area is 254 Å². The van der Waals surface area contributed by atoms with Crippen LogP contribution in [-0.4, -0.2) is 46.3 Å². The Bertz CT molecular complexity index is 739. The van der Waals surface area contributed by atoms with E-state index < -0.39 is 25.0 Å². The molecular weight excluding hydrogens is 541 g/mol. The van der Waals surface area contributed by atoms with Gasteiger partial charge in [0.05, 0.1) is 16.1 Å². The summed E-state index contributed by atoms with van der Waals surface area (Å²) < 4.78 is 17.0. The topological polar surface area (TPSA) is 27.7 Å². The highest BCUT2D eigenvalue weighted by Crippen LogP contribution is 2.33. The predicted octanol–water partition coefficient (Wildman–Crippen LogP) is 10.0. The maximum Gasteiger partial charge on any atom is 0.500 e. The second-order valence-electron chi connectivity index (χ2n) is 13.5. The predicted molar refractivity (Wildman–Crippen MR) is 186 cm³/mol. The van der Waals surface area contributed by atoms with Gasteiger partial charge in [0.1, 0.15) is 0 Å². The van der Waals surface area contributed by atoms with E-state index in [0.717, 1.165) is 18.0 Å². The van der Waals surface area contributed by atoms with Crippen molar-refractivity contribution in [1.82, 2.24) is 0 Å². The summed E-state index contributed by atoms with van der Waals surface area (Å²) in [6.45, 7) is 15.0. The minimum Gasteiger partial charge on any atom is -0.377 e. The van der Waals surface area contributed by atoms with Gasteiger partial charge in [-0.15, -0.1) is 0 Å². The van der Waals surface area contributed by atoms with Crippen LogP contribution in [0.15, 0.2) is 24.3 Å². The highest BCUT2D eigenvalue weighted by molar-refractivity contribution is 6.92. The molecular formula is C34H68O3Si3. The molecule has 0 amide bonds. The van der Waals surface area contributed by atoms with E-state index in [0.29, 0.717) is 0 Å². The van der Waals surface area contributed by atoms with Crippen LogP contribution >= 0.6 is 0 Å². The van der Waals surface area contributed by atoms with Crippen molar-refractivity contribution in [2.45, 2.75) is 160 Å². The number of benzene rings is 1. The lowest BCUT2D eigenvalue weighted by atomic mass is 10.0. The first-order valence-electron chi connectivity index (χ1n) is 16.9. The molecule has 0 saturated carbocycles. The molecule has 0 bridgehead atoms. The van der Waals surface area contributed by atoms with E-state index in [1.807, 2.05) is 0 Å². The lowest BCUT2D eigenvalue weighted by molar-refractivity contribution is 0.123. The van der Waals surface area contributed by atoms with Crippen LogP contribution < -0.4 is 10.4 Å². The molecule has 0 saturated heterocycles. The van der Waals surface area contributed by atoms with Crippen molar-refractivity contribution in [3.63, 3.8) is 0 Å². The van der Waals surface area contributed by atoms with Crippen LogP contribution in [0.3, 0.4) is 0 Å². The highest BCUT2D eigenvalue weighted by atomic mass is 28.4. The Hall–Kier alpha value is -0.249. The molecule has 1 atom stereocenters. The molecule has 40 heavy (non-hydrogen) atoms. The first kappa shape index (κ1) is 37.8. The Morgan fingerprint density at radius 3 is 1.35 bits per heavy atom. The zero-order chi connectivity index (χ0) is 29.9. The van der Waals surface area contributed by atoms with Gasteiger partial charge in [-0.2, -0.15) is 0 Å². The summed E-state index contributed by atoms with van der Waals surface area (Å²) in [5, 5.41) is 3.25. The number of unbranched alkanes of at least 4 members (excludes halogenated alkanes) is 11. The zero-order valence-electron chi connectivity index (χ0n) is 28.3. The average Bonchev–Trinajstić information content (AvgIpc) is 2.95. The molecule has 0 fully saturated rings. The summed E-state index contributed by atoms with van der Waals surface area (Å²) in [6.07, 6.45) is 22.3. The quantitative estimate of drug-likeness (QED) is 0.0816. The fraction of sp³-hybridized carbons (Fsp3) is 0.824. The minimum atomic E-state index is -2.48. The molecule has 0 aliphatic carbocycles. The average molecular weight is 609 g/mol. The van der Waals surface area contributed by atoms with Crippen LogP contribution in [0, 0.1) is 0 Å². The number of hydrogen-bond donors (Lipinski definition) is 0. The second-order valence-corrected chi connectivity index (χ2v) is 26.3. The fourth-order valence-electron chi connectivity index (χ4n) is 6.42. The molecule has 0 radical (unpaired) electrons. The molecule has 3 nitrogen and oxygen atoms in total. The summed E-state index contributed by atoms with van der Waals surface area (Å²) >= 11 is 0. The normalized spacial score (nSPS) is 13.6. The second kappa shape index (κ2) is 20.6.